The van der Waals surface area contributed by atoms with E-state index >= 15 is 0 Å². The lowest BCUT2D eigenvalue weighted by atomic mass is 9.99. The van der Waals surface area contributed by atoms with Gasteiger partial charge in [-0.3, -0.25) is 9.69 Å². The van der Waals surface area contributed by atoms with Gasteiger partial charge in [0.1, 0.15) is 18.4 Å². The number of carbonyl (C=O) groups excluding carboxylic acids is 1. The van der Waals surface area contributed by atoms with E-state index in [1.165, 1.54) is 29.8 Å². The van der Waals surface area contributed by atoms with Crippen molar-refractivity contribution in [2.24, 2.45) is 0 Å². The van der Waals surface area contributed by atoms with Crippen LogP contribution in [0, 0.1) is 19.7 Å². The van der Waals surface area contributed by atoms with Crippen LogP contribution in [0.3, 0.4) is 0 Å². The van der Waals surface area contributed by atoms with Crippen molar-refractivity contribution in [3.8, 4) is 0 Å². The Morgan fingerprint density at radius 1 is 0.941 bits per heavy atom. The summed E-state index contributed by atoms with van der Waals surface area (Å²) in [6.07, 6.45) is 2.07. The molecule has 4 aromatic rings. The van der Waals surface area contributed by atoms with Crippen molar-refractivity contribution in [3.05, 3.63) is 107 Å². The van der Waals surface area contributed by atoms with E-state index in [9.17, 15) is 9.18 Å². The van der Waals surface area contributed by atoms with Crippen LogP contribution in [-0.4, -0.2) is 32.7 Å². The Morgan fingerprint density at radius 2 is 1.59 bits per heavy atom. The van der Waals surface area contributed by atoms with Crippen molar-refractivity contribution >= 4 is 23.2 Å². The van der Waals surface area contributed by atoms with Crippen LogP contribution in [0.1, 0.15) is 28.3 Å². The molecule has 34 heavy (non-hydrogen) atoms. The number of hydrogen-bond acceptors (Lipinski definition) is 5. The number of nitrogens with one attached hydrogen (secondary N) is 1. The van der Waals surface area contributed by atoms with Crippen molar-refractivity contribution < 1.29 is 9.18 Å². The van der Waals surface area contributed by atoms with Crippen molar-refractivity contribution in [3.63, 3.8) is 0 Å². The summed E-state index contributed by atoms with van der Waals surface area (Å²) in [6, 6.07) is 21.8. The number of hydrogen-bond donors (Lipinski definition) is 1. The minimum absolute atomic E-state index is 0.0158. The molecular formula is C26H23FN6O. The second-order valence-electron chi connectivity index (χ2n) is 8.34. The van der Waals surface area contributed by atoms with Crippen LogP contribution in [0.2, 0.25) is 0 Å². The van der Waals surface area contributed by atoms with Gasteiger partial charge in [0, 0.05) is 5.69 Å². The second kappa shape index (κ2) is 8.90. The maximum atomic E-state index is 13.2. The van der Waals surface area contributed by atoms with Gasteiger partial charge in [0.05, 0.1) is 5.70 Å². The molecular weight excluding hydrogens is 431 g/mol. The van der Waals surface area contributed by atoms with Crippen LogP contribution < -0.4 is 10.2 Å². The van der Waals surface area contributed by atoms with Crippen LogP contribution in [0.5, 0.6) is 0 Å². The smallest absolute Gasteiger partial charge is 0.251 e. The highest BCUT2D eigenvalue weighted by atomic mass is 19.1. The lowest BCUT2D eigenvalue weighted by molar-refractivity contribution is -0.114. The van der Waals surface area contributed by atoms with Gasteiger partial charge in [0.2, 0.25) is 5.91 Å². The molecule has 1 amide bonds. The van der Waals surface area contributed by atoms with Crippen molar-refractivity contribution in [2.75, 3.05) is 16.8 Å². The predicted molar refractivity (Wildman–Crippen MR) is 129 cm³/mol. The molecule has 0 saturated carbocycles. The monoisotopic (exact) mass is 454 g/mol. The molecule has 0 saturated heterocycles. The van der Waals surface area contributed by atoms with E-state index in [-0.39, 0.29) is 24.3 Å². The average Bonchev–Trinajstić information content (AvgIpc) is 3.32. The molecule has 5 rings (SSSR count). The van der Waals surface area contributed by atoms with E-state index in [1.807, 2.05) is 38.1 Å². The van der Waals surface area contributed by atoms with Crippen LogP contribution >= 0.6 is 0 Å². The van der Waals surface area contributed by atoms with Gasteiger partial charge < -0.3 is 5.32 Å². The molecule has 0 radical (unpaired) electrons. The van der Waals surface area contributed by atoms with Crippen molar-refractivity contribution in [1.29, 1.82) is 0 Å². The number of carbonyl (C=O) groups is 1. The Bertz CT molecular complexity index is 1340. The average molecular weight is 455 g/mol. The van der Waals surface area contributed by atoms with E-state index in [0.717, 1.165) is 22.4 Å². The topological polar surface area (TPSA) is 75.9 Å². The molecule has 0 spiro atoms. The molecule has 8 heteroatoms. The van der Waals surface area contributed by atoms with Gasteiger partial charge in [0.15, 0.2) is 0 Å². The largest absolute Gasteiger partial charge is 0.325 e. The summed E-state index contributed by atoms with van der Waals surface area (Å²) < 4.78 is 15.0. The third-order valence-corrected chi connectivity index (χ3v) is 5.78. The summed E-state index contributed by atoms with van der Waals surface area (Å²) in [5.41, 5.74) is 5.65. The predicted octanol–water partition coefficient (Wildman–Crippen LogP) is 4.52. The van der Waals surface area contributed by atoms with Gasteiger partial charge in [-0.1, -0.05) is 64.8 Å². The van der Waals surface area contributed by atoms with E-state index < -0.39 is 0 Å². The number of aromatic nitrogens is 4. The van der Waals surface area contributed by atoms with E-state index in [4.69, 9.17) is 0 Å². The summed E-state index contributed by atoms with van der Waals surface area (Å²) in [7, 11) is 0. The Hall–Kier alpha value is -4.33. The first-order chi connectivity index (χ1) is 16.5. The number of nitrogens with zero attached hydrogens (tertiary/aromatic N) is 5. The van der Waals surface area contributed by atoms with E-state index in [1.54, 1.807) is 9.58 Å². The fraction of sp³-hybridized carbons (Fsp3) is 0.154. The third-order valence-electron chi connectivity index (χ3n) is 5.78. The summed E-state index contributed by atoms with van der Waals surface area (Å²) >= 11 is 0. The van der Waals surface area contributed by atoms with Gasteiger partial charge in [-0.05, 0) is 65.7 Å². The first-order valence-corrected chi connectivity index (χ1v) is 10.9. The number of anilines is 2. The normalized spacial score (nSPS) is 15.0. The second-order valence-corrected chi connectivity index (χ2v) is 8.34. The van der Waals surface area contributed by atoms with Gasteiger partial charge in [-0.25, -0.2) is 4.39 Å². The highest BCUT2D eigenvalue weighted by Gasteiger charge is 2.32. The molecule has 0 bridgehead atoms. The van der Waals surface area contributed by atoms with E-state index in [0.29, 0.717) is 11.6 Å². The zero-order valence-corrected chi connectivity index (χ0v) is 18.8. The number of amides is 1. The fourth-order valence-electron chi connectivity index (χ4n) is 3.98. The lowest BCUT2D eigenvalue weighted by Gasteiger charge is -2.32. The zero-order valence-electron chi connectivity index (χ0n) is 18.8. The highest BCUT2D eigenvalue weighted by molar-refractivity contribution is 5.97. The summed E-state index contributed by atoms with van der Waals surface area (Å²) in [5.74, 6) is -0.161. The third kappa shape index (κ3) is 4.30. The maximum absolute atomic E-state index is 13.2. The molecule has 3 aromatic carbocycles. The lowest BCUT2D eigenvalue weighted by Crippen LogP contribution is -2.37. The molecule has 7 nitrogen and oxygen atoms in total. The number of aryl methyl sites for hydroxylation is 2. The fourth-order valence-corrected chi connectivity index (χ4v) is 3.98. The number of fused-ring (bicyclic) bond motifs is 1. The molecule has 1 N–H and O–H groups in total. The van der Waals surface area contributed by atoms with Gasteiger partial charge in [-0.2, -0.15) is 4.68 Å². The molecule has 1 unspecified atom stereocenters. The SMILES string of the molecule is Cc1ccc(C2=CC(c3ccc(C)cc3)n3nnnc3N2CC(=O)Nc2ccc(F)cc2)cc1. The van der Waals surface area contributed by atoms with Crippen molar-refractivity contribution in [2.45, 2.75) is 19.9 Å². The standard InChI is InChI=1S/C26H23FN6O/c1-17-3-7-19(8-4-17)23-15-24(20-9-5-18(2)6-10-20)33-26(29-30-31-33)32(23)16-25(34)28-22-13-11-21(27)12-14-22/h3-15,24H,16H2,1-2H3,(H,28,34). The number of tetrazole rings is 1. The molecule has 1 atom stereocenters. The highest BCUT2D eigenvalue weighted by Crippen LogP contribution is 2.36. The number of allylic oxidation sites excluding steroid dienone is 1. The van der Waals surface area contributed by atoms with Crippen molar-refractivity contribution in [1.82, 2.24) is 20.2 Å². The quantitative estimate of drug-likeness (QED) is 0.480. The minimum Gasteiger partial charge on any atom is -0.325 e. The van der Waals surface area contributed by atoms with Crippen LogP contribution in [0.15, 0.2) is 78.9 Å². The summed E-state index contributed by atoms with van der Waals surface area (Å²) in [4.78, 5) is 14.8. The molecule has 0 aliphatic carbocycles. The molecule has 1 aliphatic heterocycles. The molecule has 0 fully saturated rings. The maximum Gasteiger partial charge on any atom is 0.251 e. The number of halogens is 1. The number of rotatable bonds is 5. The van der Waals surface area contributed by atoms with Crippen LogP contribution in [0.4, 0.5) is 16.0 Å². The van der Waals surface area contributed by atoms with Gasteiger partial charge in [0.25, 0.3) is 5.95 Å². The summed E-state index contributed by atoms with van der Waals surface area (Å²) in [6.45, 7) is 4.06. The molecule has 2 heterocycles. The van der Waals surface area contributed by atoms with E-state index in [2.05, 4.69) is 51.2 Å². The van der Waals surface area contributed by atoms with Crippen LogP contribution in [0.25, 0.3) is 5.70 Å². The first kappa shape index (κ1) is 21.5. The first-order valence-electron chi connectivity index (χ1n) is 10.9. The van der Waals surface area contributed by atoms with Gasteiger partial charge >= 0.3 is 0 Å². The minimum atomic E-state index is -0.361. The molecule has 1 aliphatic rings. The Labute approximate surface area is 196 Å². The Balaban J connectivity index is 1.53. The van der Waals surface area contributed by atoms with Crippen LogP contribution in [-0.2, 0) is 4.79 Å². The molecule has 1 aromatic heterocycles. The Morgan fingerprint density at radius 3 is 2.26 bits per heavy atom. The number of benzene rings is 3. The Kier molecular flexibility index (Phi) is 5.63. The summed E-state index contributed by atoms with van der Waals surface area (Å²) in [5, 5.41) is 15.2. The van der Waals surface area contributed by atoms with Gasteiger partial charge in [-0.15, -0.1) is 0 Å². The molecule has 170 valence electrons. The zero-order chi connectivity index (χ0) is 23.7.